The summed E-state index contributed by atoms with van der Waals surface area (Å²) in [4.78, 5) is 24.2. The molecule has 5 nitrogen and oxygen atoms in total. The minimum absolute atomic E-state index is 0. The lowest BCUT2D eigenvalue weighted by atomic mass is 9.87. The molecule has 0 aromatic heterocycles. The molecule has 1 aromatic carbocycles. The molecule has 0 radical (unpaired) electrons. The molecular weight excluding hydrogens is 316 g/mol. The summed E-state index contributed by atoms with van der Waals surface area (Å²) < 4.78 is 5.10. The third-order valence-corrected chi connectivity index (χ3v) is 3.47. The lowest BCUT2D eigenvalue weighted by molar-refractivity contribution is -0.144. The third kappa shape index (κ3) is 6.59. The van der Waals surface area contributed by atoms with Crippen molar-refractivity contribution in [3.63, 3.8) is 0 Å². The number of nitrogens with two attached hydrogens (primary N) is 1. The number of benzene rings is 1. The number of amides is 1. The minimum atomic E-state index is -0.633. The average Bonchev–Trinajstić information content (AvgIpc) is 2.47. The van der Waals surface area contributed by atoms with Gasteiger partial charge in [-0.05, 0) is 17.9 Å². The highest BCUT2D eigenvalue weighted by Gasteiger charge is 2.29. The van der Waals surface area contributed by atoms with Gasteiger partial charge in [-0.15, -0.1) is 12.4 Å². The topological polar surface area (TPSA) is 81.4 Å². The zero-order valence-electron chi connectivity index (χ0n) is 14.2. The van der Waals surface area contributed by atoms with E-state index in [1.807, 2.05) is 51.1 Å². The second-order valence-corrected chi connectivity index (χ2v) is 6.30. The fourth-order valence-corrected chi connectivity index (χ4v) is 1.97. The van der Waals surface area contributed by atoms with Gasteiger partial charge in [-0.1, -0.05) is 51.1 Å². The smallest absolute Gasteiger partial charge is 0.315 e. The molecule has 0 fully saturated rings. The van der Waals surface area contributed by atoms with Crippen molar-refractivity contribution in [3.8, 4) is 0 Å². The summed E-state index contributed by atoms with van der Waals surface area (Å²) in [5.74, 6) is -1.15. The van der Waals surface area contributed by atoms with Crippen LogP contribution in [0.15, 0.2) is 30.3 Å². The summed E-state index contributed by atoms with van der Waals surface area (Å²) in [6.45, 7) is 7.93. The quantitative estimate of drug-likeness (QED) is 0.777. The highest BCUT2D eigenvalue weighted by molar-refractivity contribution is 5.85. The third-order valence-electron chi connectivity index (χ3n) is 3.47. The van der Waals surface area contributed by atoms with Gasteiger partial charge < -0.3 is 15.8 Å². The van der Waals surface area contributed by atoms with E-state index in [1.54, 1.807) is 6.92 Å². The molecule has 6 heteroatoms. The number of rotatable bonds is 6. The number of hydrogen-bond donors (Lipinski definition) is 2. The summed E-state index contributed by atoms with van der Waals surface area (Å²) in [5.41, 5.74) is 6.40. The Morgan fingerprint density at radius 2 is 1.78 bits per heavy atom. The molecule has 0 saturated carbocycles. The van der Waals surface area contributed by atoms with Crippen LogP contribution in [0, 0.1) is 5.41 Å². The average molecular weight is 343 g/mol. The van der Waals surface area contributed by atoms with Crippen molar-refractivity contribution in [1.82, 2.24) is 5.32 Å². The Balaban J connectivity index is 0.00000484. The Morgan fingerprint density at radius 1 is 1.22 bits per heavy atom. The van der Waals surface area contributed by atoms with Crippen molar-refractivity contribution in [3.05, 3.63) is 35.9 Å². The first kappa shape index (κ1) is 21.4. The van der Waals surface area contributed by atoms with Gasteiger partial charge in [-0.3, -0.25) is 9.59 Å². The number of halogens is 1. The molecule has 0 aliphatic rings. The zero-order valence-corrected chi connectivity index (χ0v) is 15.0. The van der Waals surface area contributed by atoms with Crippen LogP contribution in [-0.4, -0.2) is 31.1 Å². The molecule has 0 spiro atoms. The van der Waals surface area contributed by atoms with Crippen LogP contribution in [0.3, 0.4) is 0 Å². The van der Waals surface area contributed by atoms with E-state index in [4.69, 9.17) is 10.5 Å². The Bertz CT molecular complexity index is 500. The highest BCUT2D eigenvalue weighted by Crippen LogP contribution is 2.19. The first-order chi connectivity index (χ1) is 10.3. The summed E-state index contributed by atoms with van der Waals surface area (Å²) in [5, 5.41) is 2.76. The fourth-order valence-electron chi connectivity index (χ4n) is 1.97. The van der Waals surface area contributed by atoms with Crippen molar-refractivity contribution >= 4 is 24.3 Å². The Labute approximate surface area is 144 Å². The monoisotopic (exact) mass is 342 g/mol. The molecule has 0 aliphatic carbocycles. The SMILES string of the molecule is CCOC(=O)C(CNC(=O)[C@@H](N)C(C)(C)C)c1ccccc1.Cl. The fraction of sp³-hybridized carbons (Fsp3) is 0.529. The van der Waals surface area contributed by atoms with E-state index in [9.17, 15) is 9.59 Å². The van der Waals surface area contributed by atoms with Crippen LogP contribution in [0.1, 0.15) is 39.2 Å². The van der Waals surface area contributed by atoms with Crippen LogP contribution in [0.2, 0.25) is 0 Å². The molecule has 3 N–H and O–H groups in total. The van der Waals surface area contributed by atoms with Gasteiger partial charge in [0.2, 0.25) is 5.91 Å². The van der Waals surface area contributed by atoms with Crippen LogP contribution in [-0.2, 0) is 14.3 Å². The number of nitrogens with one attached hydrogen (secondary N) is 1. The van der Waals surface area contributed by atoms with Crippen LogP contribution < -0.4 is 11.1 Å². The maximum absolute atomic E-state index is 12.1. The van der Waals surface area contributed by atoms with Crippen LogP contribution in [0.25, 0.3) is 0 Å². The molecule has 130 valence electrons. The first-order valence-electron chi connectivity index (χ1n) is 7.52. The number of ether oxygens (including phenoxy) is 1. The molecule has 2 atom stereocenters. The molecule has 0 bridgehead atoms. The molecule has 1 aromatic rings. The lowest BCUT2D eigenvalue weighted by Gasteiger charge is -2.26. The lowest BCUT2D eigenvalue weighted by Crippen LogP contribution is -2.49. The molecule has 23 heavy (non-hydrogen) atoms. The van der Waals surface area contributed by atoms with Gasteiger partial charge in [-0.25, -0.2) is 0 Å². The maximum Gasteiger partial charge on any atom is 0.315 e. The minimum Gasteiger partial charge on any atom is -0.465 e. The molecule has 0 saturated heterocycles. The number of hydrogen-bond acceptors (Lipinski definition) is 4. The van der Waals surface area contributed by atoms with Crippen molar-refractivity contribution in [2.24, 2.45) is 11.1 Å². The van der Waals surface area contributed by atoms with Gasteiger partial charge in [0.1, 0.15) is 0 Å². The van der Waals surface area contributed by atoms with Crippen molar-refractivity contribution in [2.75, 3.05) is 13.2 Å². The van der Waals surface area contributed by atoms with E-state index >= 15 is 0 Å². The Morgan fingerprint density at radius 3 is 2.26 bits per heavy atom. The maximum atomic E-state index is 12.1. The first-order valence-corrected chi connectivity index (χ1v) is 7.52. The van der Waals surface area contributed by atoms with Gasteiger partial charge in [0.25, 0.3) is 0 Å². The van der Waals surface area contributed by atoms with Crippen molar-refractivity contribution < 1.29 is 14.3 Å². The van der Waals surface area contributed by atoms with Crippen molar-refractivity contribution in [1.29, 1.82) is 0 Å². The summed E-state index contributed by atoms with van der Waals surface area (Å²) in [7, 11) is 0. The number of esters is 1. The molecular formula is C17H27ClN2O3. The predicted molar refractivity (Wildman–Crippen MR) is 93.5 cm³/mol. The molecule has 1 rings (SSSR count). The van der Waals surface area contributed by atoms with Gasteiger partial charge >= 0.3 is 5.97 Å². The van der Waals surface area contributed by atoms with Crippen molar-refractivity contribution in [2.45, 2.75) is 39.7 Å². The number of carbonyl (C=O) groups excluding carboxylic acids is 2. The summed E-state index contributed by atoms with van der Waals surface area (Å²) >= 11 is 0. The van der Waals surface area contributed by atoms with E-state index in [0.717, 1.165) is 5.56 Å². The predicted octanol–water partition coefficient (Wildman–Crippen LogP) is 2.24. The normalized spacial score (nSPS) is 13.4. The summed E-state index contributed by atoms with van der Waals surface area (Å²) in [6, 6.07) is 8.63. The van der Waals surface area contributed by atoms with E-state index in [1.165, 1.54) is 0 Å². The van der Waals surface area contributed by atoms with Crippen LogP contribution in [0.5, 0.6) is 0 Å². The van der Waals surface area contributed by atoms with Gasteiger partial charge in [-0.2, -0.15) is 0 Å². The molecule has 1 unspecified atom stereocenters. The molecule has 0 aliphatic heterocycles. The van der Waals surface area contributed by atoms with E-state index in [-0.39, 0.29) is 36.2 Å². The van der Waals surface area contributed by atoms with Crippen LogP contribution >= 0.6 is 12.4 Å². The van der Waals surface area contributed by atoms with E-state index < -0.39 is 12.0 Å². The van der Waals surface area contributed by atoms with Crippen LogP contribution in [0.4, 0.5) is 0 Å². The second kappa shape index (κ2) is 9.53. The Kier molecular flexibility index (Phi) is 8.87. The molecule has 1 amide bonds. The number of carbonyl (C=O) groups is 2. The van der Waals surface area contributed by atoms with Gasteiger partial charge in [0.05, 0.1) is 18.6 Å². The Hall–Kier alpha value is -1.59. The van der Waals surface area contributed by atoms with Gasteiger partial charge in [0, 0.05) is 6.54 Å². The summed E-state index contributed by atoms with van der Waals surface area (Å²) in [6.07, 6.45) is 0. The van der Waals surface area contributed by atoms with Gasteiger partial charge in [0.15, 0.2) is 0 Å². The largest absolute Gasteiger partial charge is 0.465 e. The van der Waals surface area contributed by atoms with E-state index in [0.29, 0.717) is 6.61 Å². The zero-order chi connectivity index (χ0) is 16.8. The standard InChI is InChI=1S/C17H26N2O3.ClH/c1-5-22-16(21)13(12-9-7-6-8-10-12)11-19-15(20)14(18)17(2,3)4;/h6-10,13-14H,5,11,18H2,1-4H3,(H,19,20);1H/t13?,14-;/m1./s1. The van der Waals surface area contributed by atoms with E-state index in [2.05, 4.69) is 5.32 Å². The highest BCUT2D eigenvalue weighted by atomic mass is 35.5. The second-order valence-electron chi connectivity index (χ2n) is 6.30. The molecule has 0 heterocycles.